The van der Waals surface area contributed by atoms with Crippen molar-refractivity contribution in [2.24, 2.45) is 0 Å². The summed E-state index contributed by atoms with van der Waals surface area (Å²) in [6, 6.07) is 10.4. The van der Waals surface area contributed by atoms with E-state index in [2.05, 4.69) is 51.8 Å². The number of likely N-dealkylation sites (tertiary alicyclic amines) is 1. The molecule has 2 aromatic rings. The lowest BCUT2D eigenvalue weighted by Gasteiger charge is -2.35. The van der Waals surface area contributed by atoms with E-state index in [-0.39, 0.29) is 5.41 Å². The van der Waals surface area contributed by atoms with Gasteiger partial charge in [0.25, 0.3) is 0 Å². The maximum atomic E-state index is 13.4. The molecule has 1 aliphatic carbocycles. The second kappa shape index (κ2) is 8.08. The van der Waals surface area contributed by atoms with Crippen molar-refractivity contribution in [3.8, 4) is 0 Å². The zero-order chi connectivity index (χ0) is 19.6. The molecule has 4 rings (SSSR count). The lowest BCUT2D eigenvalue weighted by Crippen LogP contribution is -2.45. The van der Waals surface area contributed by atoms with E-state index in [1.54, 1.807) is 0 Å². The molecule has 1 atom stereocenters. The number of carbonyl (C=O) groups is 1. The first-order valence-electron chi connectivity index (χ1n) is 10.6. The van der Waals surface area contributed by atoms with Gasteiger partial charge in [-0.2, -0.15) is 0 Å². The lowest BCUT2D eigenvalue weighted by molar-refractivity contribution is -0.135. The van der Waals surface area contributed by atoms with Crippen LogP contribution in [0, 0.1) is 0 Å². The maximum absolute atomic E-state index is 13.4. The first-order valence-corrected chi connectivity index (χ1v) is 10.6. The number of hydrogen-bond acceptors (Lipinski definition) is 3. The van der Waals surface area contributed by atoms with Crippen molar-refractivity contribution in [3.05, 3.63) is 54.1 Å². The number of amides is 1. The van der Waals surface area contributed by atoms with E-state index >= 15 is 0 Å². The monoisotopic (exact) mass is 380 g/mol. The number of imidazole rings is 1. The maximum Gasteiger partial charge on any atom is 0.233 e. The Bertz CT molecular complexity index is 794. The molecule has 0 bridgehead atoms. The van der Waals surface area contributed by atoms with Gasteiger partial charge < -0.3 is 14.4 Å². The Morgan fingerprint density at radius 3 is 2.75 bits per heavy atom. The van der Waals surface area contributed by atoms with Gasteiger partial charge in [0.15, 0.2) is 0 Å². The third kappa shape index (κ3) is 3.86. The molecule has 1 unspecified atom stereocenters. The largest absolute Gasteiger partial charge is 0.341 e. The Hall–Kier alpha value is -2.14. The average molecular weight is 381 g/mol. The van der Waals surface area contributed by atoms with Gasteiger partial charge in [0.05, 0.1) is 5.41 Å². The number of carbonyl (C=O) groups excluding carboxylic acids is 1. The molecule has 0 N–H and O–H groups in total. The highest BCUT2D eigenvalue weighted by Gasteiger charge is 2.53. The highest BCUT2D eigenvalue weighted by atomic mass is 16.2. The van der Waals surface area contributed by atoms with Crippen molar-refractivity contribution in [1.29, 1.82) is 0 Å². The molecule has 1 amide bonds. The van der Waals surface area contributed by atoms with Crippen molar-refractivity contribution in [2.75, 3.05) is 33.7 Å². The number of hydrogen-bond donors (Lipinski definition) is 0. The molecular formula is C23H32N4O. The van der Waals surface area contributed by atoms with Gasteiger partial charge in [0.2, 0.25) is 5.91 Å². The van der Waals surface area contributed by atoms with Crippen LogP contribution in [0.15, 0.2) is 42.7 Å². The van der Waals surface area contributed by atoms with Crippen LogP contribution in [0.4, 0.5) is 0 Å². The van der Waals surface area contributed by atoms with Gasteiger partial charge in [-0.15, -0.1) is 0 Å². The summed E-state index contributed by atoms with van der Waals surface area (Å²) in [4.78, 5) is 22.4. The quantitative estimate of drug-likeness (QED) is 0.740. The van der Waals surface area contributed by atoms with Crippen molar-refractivity contribution >= 4 is 5.91 Å². The van der Waals surface area contributed by atoms with Crippen molar-refractivity contribution in [3.63, 3.8) is 0 Å². The van der Waals surface area contributed by atoms with Crippen LogP contribution < -0.4 is 0 Å². The Morgan fingerprint density at radius 1 is 1.25 bits per heavy atom. The fourth-order valence-corrected chi connectivity index (χ4v) is 4.61. The van der Waals surface area contributed by atoms with E-state index in [0.29, 0.717) is 11.8 Å². The topological polar surface area (TPSA) is 41.4 Å². The van der Waals surface area contributed by atoms with Gasteiger partial charge in [-0.25, -0.2) is 4.98 Å². The van der Waals surface area contributed by atoms with Crippen molar-refractivity contribution in [1.82, 2.24) is 19.4 Å². The molecule has 5 heteroatoms. The summed E-state index contributed by atoms with van der Waals surface area (Å²) in [5.41, 5.74) is 0.928. The first-order chi connectivity index (χ1) is 13.6. The minimum atomic E-state index is -0.260. The molecule has 1 saturated heterocycles. The molecule has 5 nitrogen and oxygen atoms in total. The SMILES string of the molecule is CN(C)CCCn1ccnc1C1CCCN(C(=O)C2(c3ccccc3)CC2)C1. The molecular weight excluding hydrogens is 348 g/mol. The van der Waals surface area contributed by atoms with Gasteiger partial charge in [0, 0.05) is 37.9 Å². The van der Waals surface area contributed by atoms with E-state index in [0.717, 1.165) is 64.1 Å². The smallest absolute Gasteiger partial charge is 0.233 e. The third-order valence-electron chi connectivity index (χ3n) is 6.31. The summed E-state index contributed by atoms with van der Waals surface area (Å²) in [5, 5.41) is 0. The van der Waals surface area contributed by atoms with E-state index in [4.69, 9.17) is 0 Å². The average Bonchev–Trinajstić information content (AvgIpc) is 3.40. The Balaban J connectivity index is 1.44. The van der Waals surface area contributed by atoms with Gasteiger partial charge in [-0.3, -0.25) is 4.79 Å². The molecule has 150 valence electrons. The number of piperidine rings is 1. The highest BCUT2D eigenvalue weighted by Crippen LogP contribution is 2.50. The fourth-order valence-electron chi connectivity index (χ4n) is 4.61. The molecule has 0 radical (unpaired) electrons. The summed E-state index contributed by atoms with van der Waals surface area (Å²) in [6.07, 6.45) is 9.27. The minimum Gasteiger partial charge on any atom is -0.341 e. The van der Waals surface area contributed by atoms with Gasteiger partial charge in [0.1, 0.15) is 5.82 Å². The van der Waals surface area contributed by atoms with Crippen LogP contribution in [0.1, 0.15) is 49.4 Å². The molecule has 2 fully saturated rings. The number of nitrogens with zero attached hydrogens (tertiary/aromatic N) is 4. The molecule has 1 aromatic carbocycles. The Morgan fingerprint density at radius 2 is 2.04 bits per heavy atom. The summed E-state index contributed by atoms with van der Waals surface area (Å²) in [7, 11) is 4.22. The fraction of sp³-hybridized carbons (Fsp3) is 0.565. The second-order valence-electron chi connectivity index (χ2n) is 8.67. The zero-order valence-electron chi connectivity index (χ0n) is 17.2. The number of benzene rings is 1. The standard InChI is InChI=1S/C23H32N4O/c1-25(2)14-7-16-26-17-13-24-21(26)19-8-6-15-27(18-19)22(28)23(11-12-23)20-9-4-3-5-10-20/h3-5,9-10,13,17,19H,6-8,11-12,14-16,18H2,1-2H3. The van der Waals surface area contributed by atoms with Crippen LogP contribution in [0.5, 0.6) is 0 Å². The molecule has 1 saturated carbocycles. The van der Waals surface area contributed by atoms with Crippen LogP contribution in [0.2, 0.25) is 0 Å². The molecule has 1 aliphatic heterocycles. The van der Waals surface area contributed by atoms with Crippen LogP contribution in [0.25, 0.3) is 0 Å². The van der Waals surface area contributed by atoms with Gasteiger partial charge >= 0.3 is 0 Å². The minimum absolute atomic E-state index is 0.260. The van der Waals surface area contributed by atoms with Crippen molar-refractivity contribution < 1.29 is 4.79 Å². The number of aryl methyl sites for hydroxylation is 1. The van der Waals surface area contributed by atoms with Gasteiger partial charge in [-0.05, 0) is 58.3 Å². The molecule has 28 heavy (non-hydrogen) atoms. The van der Waals surface area contributed by atoms with Crippen LogP contribution in [-0.4, -0.2) is 59.0 Å². The lowest BCUT2D eigenvalue weighted by atomic mass is 9.91. The summed E-state index contributed by atoms with van der Waals surface area (Å²) in [5.74, 6) is 1.83. The predicted molar refractivity (Wildman–Crippen MR) is 111 cm³/mol. The van der Waals surface area contributed by atoms with Crippen LogP contribution in [0.3, 0.4) is 0 Å². The summed E-state index contributed by atoms with van der Waals surface area (Å²) >= 11 is 0. The summed E-state index contributed by atoms with van der Waals surface area (Å²) < 4.78 is 2.30. The molecule has 2 heterocycles. The Kier molecular flexibility index (Phi) is 5.54. The van der Waals surface area contributed by atoms with E-state index in [1.165, 1.54) is 5.56 Å². The molecule has 0 spiro atoms. The third-order valence-corrected chi connectivity index (χ3v) is 6.31. The second-order valence-corrected chi connectivity index (χ2v) is 8.67. The van der Waals surface area contributed by atoms with Crippen LogP contribution in [-0.2, 0) is 16.8 Å². The number of aromatic nitrogens is 2. The number of rotatable bonds is 7. The molecule has 1 aromatic heterocycles. The van der Waals surface area contributed by atoms with Crippen LogP contribution >= 0.6 is 0 Å². The van der Waals surface area contributed by atoms with E-state index < -0.39 is 0 Å². The molecule has 2 aliphatic rings. The highest BCUT2D eigenvalue weighted by molar-refractivity contribution is 5.91. The van der Waals surface area contributed by atoms with E-state index in [1.807, 2.05) is 24.4 Å². The first kappa shape index (κ1) is 19.2. The van der Waals surface area contributed by atoms with Crippen molar-refractivity contribution in [2.45, 2.75) is 50.0 Å². The van der Waals surface area contributed by atoms with Gasteiger partial charge in [-0.1, -0.05) is 30.3 Å². The van der Waals surface area contributed by atoms with E-state index in [9.17, 15) is 4.79 Å². The zero-order valence-corrected chi connectivity index (χ0v) is 17.2. The predicted octanol–water partition coefficient (Wildman–Crippen LogP) is 3.27. The normalized spacial score (nSPS) is 21.1. The summed E-state index contributed by atoms with van der Waals surface area (Å²) in [6.45, 7) is 3.75. The Labute approximate surface area is 168 Å².